The summed E-state index contributed by atoms with van der Waals surface area (Å²) in [6.45, 7) is 9.18. The lowest BCUT2D eigenvalue weighted by Crippen LogP contribution is -2.31. The fourth-order valence-electron chi connectivity index (χ4n) is 2.65. The van der Waals surface area contributed by atoms with Gasteiger partial charge in [-0.05, 0) is 34.7 Å². The van der Waals surface area contributed by atoms with Crippen molar-refractivity contribution >= 4 is 0 Å². The highest BCUT2D eigenvalue weighted by Gasteiger charge is 2.47. The molecule has 5 nitrogen and oxygen atoms in total. The predicted octanol–water partition coefficient (Wildman–Crippen LogP) is 1.52. The van der Waals surface area contributed by atoms with Gasteiger partial charge in [0.2, 0.25) is 0 Å². The van der Waals surface area contributed by atoms with Crippen LogP contribution in [0.5, 0.6) is 0 Å². The first-order chi connectivity index (χ1) is 7.84. The van der Waals surface area contributed by atoms with Crippen molar-refractivity contribution in [1.29, 1.82) is 0 Å². The fourth-order valence-corrected chi connectivity index (χ4v) is 2.65. The highest BCUT2D eigenvalue weighted by Crippen LogP contribution is 2.44. The summed E-state index contributed by atoms with van der Waals surface area (Å²) in [7, 11) is 1.90. The van der Waals surface area contributed by atoms with Gasteiger partial charge in [-0.1, -0.05) is 0 Å². The van der Waals surface area contributed by atoms with E-state index < -0.39 is 0 Å². The van der Waals surface area contributed by atoms with Gasteiger partial charge in [-0.25, -0.2) is 9.67 Å². The van der Waals surface area contributed by atoms with Crippen LogP contribution in [0.4, 0.5) is 0 Å². The van der Waals surface area contributed by atoms with Crippen molar-refractivity contribution in [2.75, 3.05) is 7.05 Å². The van der Waals surface area contributed by atoms with Crippen LogP contribution in [0.1, 0.15) is 46.0 Å². The second-order valence-corrected chi connectivity index (χ2v) is 5.86. The molecular weight excluding hydrogens is 216 g/mol. The smallest absolute Gasteiger partial charge is 0.164 e. The van der Waals surface area contributed by atoms with Crippen LogP contribution < -0.4 is 5.32 Å². The third-order valence-corrected chi connectivity index (χ3v) is 3.24. The van der Waals surface area contributed by atoms with E-state index in [1.165, 1.54) is 0 Å². The van der Waals surface area contributed by atoms with E-state index in [9.17, 15) is 0 Å². The van der Waals surface area contributed by atoms with Crippen molar-refractivity contribution in [2.45, 2.75) is 57.9 Å². The molecule has 1 atom stereocenters. The fraction of sp³-hybridized carbons (Fsp3) is 0.833. The van der Waals surface area contributed by atoms with Crippen LogP contribution in [0.3, 0.4) is 0 Å². The minimum atomic E-state index is -0.200. The van der Waals surface area contributed by atoms with Crippen LogP contribution >= 0.6 is 0 Å². The Hall–Kier alpha value is -0.940. The highest BCUT2D eigenvalue weighted by molar-refractivity contribution is 4.98. The number of ether oxygens (including phenoxy) is 1. The molecule has 0 radical (unpaired) electrons. The van der Waals surface area contributed by atoms with Crippen molar-refractivity contribution in [3.63, 3.8) is 0 Å². The largest absolute Gasteiger partial charge is 0.367 e. The topological polar surface area (TPSA) is 52.0 Å². The summed E-state index contributed by atoms with van der Waals surface area (Å²) in [6, 6.07) is 0.246. The number of nitrogens with one attached hydrogen (secondary N) is 1. The number of hydrogen-bond donors (Lipinski definition) is 1. The standard InChI is InChI=1S/C12H22N4O/c1-11(2)6-9(12(3,4)17-11)16-8-14-10(15-16)7-13-5/h8-9,13H,6-7H2,1-5H3. The first kappa shape index (κ1) is 12.5. The Bertz CT molecular complexity index is 397. The van der Waals surface area contributed by atoms with E-state index in [0.717, 1.165) is 12.2 Å². The van der Waals surface area contributed by atoms with Crippen molar-refractivity contribution in [3.05, 3.63) is 12.2 Å². The molecule has 96 valence electrons. The van der Waals surface area contributed by atoms with Gasteiger partial charge in [-0.15, -0.1) is 0 Å². The lowest BCUT2D eigenvalue weighted by Gasteiger charge is -2.26. The molecule has 1 N–H and O–H groups in total. The van der Waals surface area contributed by atoms with Gasteiger partial charge in [-0.2, -0.15) is 5.10 Å². The van der Waals surface area contributed by atoms with Gasteiger partial charge >= 0.3 is 0 Å². The first-order valence-corrected chi connectivity index (χ1v) is 6.09. The van der Waals surface area contributed by atoms with E-state index >= 15 is 0 Å². The van der Waals surface area contributed by atoms with E-state index in [-0.39, 0.29) is 17.2 Å². The number of hydrogen-bond acceptors (Lipinski definition) is 4. The van der Waals surface area contributed by atoms with Gasteiger partial charge in [0.25, 0.3) is 0 Å². The van der Waals surface area contributed by atoms with Crippen molar-refractivity contribution in [1.82, 2.24) is 20.1 Å². The Balaban J connectivity index is 2.21. The molecule has 0 saturated carbocycles. The maximum atomic E-state index is 6.07. The summed E-state index contributed by atoms with van der Waals surface area (Å²) >= 11 is 0. The normalized spacial score (nSPS) is 26.3. The van der Waals surface area contributed by atoms with Gasteiger partial charge in [0.1, 0.15) is 6.33 Å². The van der Waals surface area contributed by atoms with Crippen LogP contribution in [0.15, 0.2) is 6.33 Å². The van der Waals surface area contributed by atoms with Gasteiger partial charge in [0.05, 0.1) is 23.8 Å². The molecule has 0 aliphatic carbocycles. The SMILES string of the molecule is CNCc1ncn(C2CC(C)(C)OC2(C)C)n1. The van der Waals surface area contributed by atoms with Gasteiger partial charge < -0.3 is 10.1 Å². The minimum absolute atomic E-state index is 0.0940. The molecule has 2 heterocycles. The number of aromatic nitrogens is 3. The predicted molar refractivity (Wildman–Crippen MR) is 65.7 cm³/mol. The zero-order valence-electron chi connectivity index (χ0n) is 11.3. The maximum Gasteiger partial charge on any atom is 0.164 e. The van der Waals surface area contributed by atoms with E-state index in [4.69, 9.17) is 4.74 Å². The Kier molecular flexibility index (Phi) is 2.99. The van der Waals surface area contributed by atoms with Crippen LogP contribution in [0.2, 0.25) is 0 Å². The molecule has 1 unspecified atom stereocenters. The Morgan fingerprint density at radius 1 is 1.47 bits per heavy atom. The molecule has 2 rings (SSSR count). The Morgan fingerprint density at radius 3 is 2.71 bits per heavy atom. The molecule has 1 aliphatic heterocycles. The third-order valence-electron chi connectivity index (χ3n) is 3.24. The minimum Gasteiger partial charge on any atom is -0.367 e. The van der Waals surface area contributed by atoms with Crippen molar-refractivity contribution in [3.8, 4) is 0 Å². The number of nitrogens with zero attached hydrogens (tertiary/aromatic N) is 3. The van der Waals surface area contributed by atoms with Crippen LogP contribution in [0.25, 0.3) is 0 Å². The second-order valence-electron chi connectivity index (χ2n) is 5.86. The monoisotopic (exact) mass is 238 g/mol. The van der Waals surface area contributed by atoms with Gasteiger partial charge in [0, 0.05) is 6.42 Å². The summed E-state index contributed by atoms with van der Waals surface area (Å²) in [6.07, 6.45) is 2.77. The summed E-state index contributed by atoms with van der Waals surface area (Å²) in [5.74, 6) is 0.827. The molecule has 1 aliphatic rings. The van der Waals surface area contributed by atoms with E-state index in [1.807, 2.05) is 18.1 Å². The second kappa shape index (κ2) is 4.07. The van der Waals surface area contributed by atoms with E-state index in [2.05, 4.69) is 43.1 Å². The summed E-state index contributed by atoms with van der Waals surface area (Å²) in [5, 5.41) is 7.56. The Morgan fingerprint density at radius 2 is 2.18 bits per heavy atom. The zero-order chi connectivity index (χ0) is 12.7. The van der Waals surface area contributed by atoms with Crippen molar-refractivity contribution in [2.24, 2.45) is 0 Å². The average molecular weight is 238 g/mol. The Labute approximate surface area is 103 Å². The maximum absolute atomic E-state index is 6.07. The molecule has 1 fully saturated rings. The zero-order valence-corrected chi connectivity index (χ0v) is 11.3. The molecular formula is C12H22N4O. The third kappa shape index (κ3) is 2.50. The average Bonchev–Trinajstić information content (AvgIpc) is 2.68. The van der Waals surface area contributed by atoms with E-state index in [1.54, 1.807) is 0 Å². The highest BCUT2D eigenvalue weighted by atomic mass is 16.5. The van der Waals surface area contributed by atoms with Gasteiger partial charge in [-0.3, -0.25) is 0 Å². The molecule has 1 aromatic rings. The molecule has 17 heavy (non-hydrogen) atoms. The summed E-state index contributed by atoms with van der Waals surface area (Å²) in [5.41, 5.74) is -0.294. The molecule has 1 saturated heterocycles. The van der Waals surface area contributed by atoms with Gasteiger partial charge in [0.15, 0.2) is 5.82 Å². The molecule has 1 aromatic heterocycles. The van der Waals surface area contributed by atoms with Crippen LogP contribution in [0, 0.1) is 0 Å². The van der Waals surface area contributed by atoms with Crippen LogP contribution in [-0.2, 0) is 11.3 Å². The quantitative estimate of drug-likeness (QED) is 0.867. The van der Waals surface area contributed by atoms with Crippen LogP contribution in [-0.4, -0.2) is 33.0 Å². The summed E-state index contributed by atoms with van der Waals surface area (Å²) in [4.78, 5) is 4.30. The summed E-state index contributed by atoms with van der Waals surface area (Å²) < 4.78 is 8.01. The number of rotatable bonds is 3. The molecule has 0 spiro atoms. The molecule has 0 amide bonds. The van der Waals surface area contributed by atoms with E-state index in [0.29, 0.717) is 6.54 Å². The molecule has 5 heteroatoms. The molecule has 0 bridgehead atoms. The lowest BCUT2D eigenvalue weighted by molar-refractivity contribution is -0.0737. The first-order valence-electron chi connectivity index (χ1n) is 6.09. The molecule has 0 aromatic carbocycles. The van der Waals surface area contributed by atoms with Crippen molar-refractivity contribution < 1.29 is 4.74 Å². The lowest BCUT2D eigenvalue weighted by atomic mass is 9.95.